The van der Waals surface area contributed by atoms with Crippen molar-refractivity contribution >= 4 is 34.4 Å². The zero-order chi connectivity index (χ0) is 51.4. The highest BCUT2D eigenvalue weighted by atomic mass is 16.8. The first-order valence-corrected chi connectivity index (χ1v) is 25.7. The van der Waals surface area contributed by atoms with Gasteiger partial charge in [-0.25, -0.2) is 9.59 Å². The fourth-order valence-electron chi connectivity index (χ4n) is 11.3. The Morgan fingerprint density at radius 3 is 2.41 bits per heavy atom. The van der Waals surface area contributed by atoms with Crippen LogP contribution in [0.15, 0.2) is 145 Å². The molecule has 74 heavy (non-hydrogen) atoms. The van der Waals surface area contributed by atoms with E-state index >= 15 is 4.79 Å². The fraction of sp³-hybridized carbons (Fsp3) is 0.397. The number of nitro groups is 1. The Labute approximate surface area is 430 Å². The number of fused-ring (bicyclic) bond motifs is 3. The van der Waals surface area contributed by atoms with Crippen molar-refractivity contribution in [1.82, 2.24) is 10.2 Å². The number of benzene rings is 5. The number of oxime groups is 1. The molecule has 2 fully saturated rings. The molecular formula is C58H64N4O12. The van der Waals surface area contributed by atoms with Crippen LogP contribution in [0.5, 0.6) is 17.2 Å². The summed E-state index contributed by atoms with van der Waals surface area (Å²) < 4.78 is 32.9. The number of ether oxygens (including phenoxy) is 5. The largest absolute Gasteiger partial charge is 0.459 e. The zero-order valence-electron chi connectivity index (χ0n) is 41.4. The van der Waals surface area contributed by atoms with E-state index < -0.39 is 47.1 Å². The molecule has 5 aromatic rings. The Kier molecular flexibility index (Phi) is 17.0. The first kappa shape index (κ1) is 51.8. The molecular weight excluding hydrogens is 945 g/mol. The number of nitrogens with one attached hydrogen (secondary N) is 1. The third-order valence-electron chi connectivity index (χ3n) is 14.6. The van der Waals surface area contributed by atoms with Crippen LogP contribution in [0.3, 0.4) is 0 Å². The number of amides is 2. The second-order valence-electron chi connectivity index (χ2n) is 19.3. The summed E-state index contributed by atoms with van der Waals surface area (Å²) >= 11 is 0. The second kappa shape index (κ2) is 24.3. The first-order valence-electron chi connectivity index (χ1n) is 25.7. The number of aliphatic hydroxyl groups is 2. The van der Waals surface area contributed by atoms with E-state index in [2.05, 4.69) is 18.0 Å². The molecule has 388 valence electrons. The van der Waals surface area contributed by atoms with Crippen LogP contribution in [0.2, 0.25) is 0 Å². The number of rotatable bonds is 21. The van der Waals surface area contributed by atoms with E-state index in [1.54, 1.807) is 23.1 Å². The number of carbonyl (C=O) groups is 2. The summed E-state index contributed by atoms with van der Waals surface area (Å²) in [5.41, 5.74) is 3.69. The van der Waals surface area contributed by atoms with E-state index in [1.807, 2.05) is 78.9 Å². The lowest BCUT2D eigenvalue weighted by atomic mass is 9.55. The number of non-ortho nitro benzene ring substituents is 1. The summed E-state index contributed by atoms with van der Waals surface area (Å²) in [5, 5.41) is 41.6. The summed E-state index contributed by atoms with van der Waals surface area (Å²) in [6, 6.07) is 33.0. The molecule has 2 aliphatic carbocycles. The number of carbonyl (C=O) groups excluding carboxylic acids is 2. The van der Waals surface area contributed by atoms with E-state index in [-0.39, 0.29) is 62.6 Å². The molecule has 1 saturated carbocycles. The second-order valence-corrected chi connectivity index (χ2v) is 19.3. The summed E-state index contributed by atoms with van der Waals surface area (Å²) in [6.07, 6.45) is 8.41. The standard InChI is InChI=1S/C58H64N4O12/c1-2-32-70-58-52(61(38-42-20-14-19-40-17-6-7-21-46(40)42)57(66)72-44-26-24-43(25-27-44)62(67)68)36-50(60-74-53-23-10-13-33-69-53)48-34-41(18-8-11-30-63)47(22-9-12-31-64)54(55(48)58)49-35-45(28-29-51(49)73-58)71-56(65)59-37-39-15-4-3-5-16-39/h2-7,14-17,19-21,24-29,34-35,41,47,52-55,63-64H,1,8-13,18,22-23,30-33,36-38H2,(H,59,65)/t41-,47+,52-,53?,54+,55+,58+/m0/s1. The molecule has 0 aromatic heterocycles. The van der Waals surface area contributed by atoms with Crippen LogP contribution in [-0.2, 0) is 27.4 Å². The van der Waals surface area contributed by atoms with Gasteiger partial charge < -0.3 is 44.1 Å². The molecule has 2 amide bonds. The number of aliphatic hydroxyl groups excluding tert-OH is 2. The predicted molar refractivity (Wildman–Crippen MR) is 278 cm³/mol. The Morgan fingerprint density at radius 1 is 0.892 bits per heavy atom. The molecule has 3 N–H and O–H groups in total. The van der Waals surface area contributed by atoms with Gasteiger partial charge in [-0.3, -0.25) is 15.0 Å². The normalized spacial score (nSPS) is 23.3. The van der Waals surface area contributed by atoms with Crippen LogP contribution < -0.4 is 19.5 Å². The highest BCUT2D eigenvalue weighted by Gasteiger charge is 2.66. The molecule has 5 aromatic carbocycles. The monoisotopic (exact) mass is 1010 g/mol. The number of nitrogens with zero attached hydrogens (tertiary/aromatic N) is 3. The molecule has 16 nitrogen and oxygen atoms in total. The van der Waals surface area contributed by atoms with E-state index in [1.165, 1.54) is 24.3 Å². The van der Waals surface area contributed by atoms with Crippen molar-refractivity contribution in [3.63, 3.8) is 0 Å². The highest BCUT2D eigenvalue weighted by Crippen LogP contribution is 2.62. The number of hydrogen-bond donors (Lipinski definition) is 3. The van der Waals surface area contributed by atoms with Crippen LogP contribution in [0.25, 0.3) is 10.8 Å². The minimum absolute atomic E-state index is 0.0120. The molecule has 1 unspecified atom stereocenters. The number of allylic oxidation sites excluding steroid dienone is 1. The molecule has 0 radical (unpaired) electrons. The summed E-state index contributed by atoms with van der Waals surface area (Å²) in [5.74, 6) is -2.13. The van der Waals surface area contributed by atoms with Crippen molar-refractivity contribution in [2.75, 3.05) is 26.4 Å². The summed E-state index contributed by atoms with van der Waals surface area (Å²) in [6.45, 7) is 4.93. The van der Waals surface area contributed by atoms with Crippen molar-refractivity contribution in [1.29, 1.82) is 0 Å². The Morgan fingerprint density at radius 2 is 1.65 bits per heavy atom. The molecule has 0 bridgehead atoms. The van der Waals surface area contributed by atoms with E-state index in [9.17, 15) is 25.1 Å². The smallest absolute Gasteiger partial charge is 0.416 e. The summed E-state index contributed by atoms with van der Waals surface area (Å²) in [4.78, 5) is 48.0. The maximum absolute atomic E-state index is 15.4. The van der Waals surface area contributed by atoms with Crippen LogP contribution in [0.1, 0.15) is 86.8 Å². The van der Waals surface area contributed by atoms with Crippen LogP contribution in [0, 0.1) is 27.9 Å². The average Bonchev–Trinajstić information content (AvgIpc) is 3.45. The van der Waals surface area contributed by atoms with E-state index in [0.717, 1.165) is 58.7 Å². The van der Waals surface area contributed by atoms with Gasteiger partial charge in [-0.1, -0.05) is 103 Å². The Bertz CT molecular complexity index is 2810. The van der Waals surface area contributed by atoms with Crippen molar-refractivity contribution in [2.24, 2.45) is 22.9 Å². The van der Waals surface area contributed by atoms with Gasteiger partial charge in [-0.05, 0) is 108 Å². The molecule has 9 rings (SSSR count). The Hall–Kier alpha value is -7.11. The first-order chi connectivity index (χ1) is 36.2. The third kappa shape index (κ3) is 11.6. The lowest BCUT2D eigenvalue weighted by molar-refractivity contribution is -0.384. The average molecular weight is 1010 g/mol. The van der Waals surface area contributed by atoms with Gasteiger partial charge in [-0.2, -0.15) is 0 Å². The SMILES string of the molecule is C=CCO[C@@]12Oc3ccc(OC(=O)NCc4ccccc4)cc3[C@H]3[C@H](CCCCO)[C@@H](CCCCO)C=C(C(=NOC4CCCCO4)C[C@@H]1N(Cc1cccc4ccccc14)C(=O)Oc1ccc([N+](=O)[O-])cc1)[C@H]32. The van der Waals surface area contributed by atoms with E-state index in [4.69, 9.17) is 33.7 Å². The quantitative estimate of drug-likeness (QED) is 0.0272. The molecule has 0 spiro atoms. The minimum atomic E-state index is -1.67. The number of unbranched alkanes of at least 4 members (excludes halogenated alkanes) is 2. The molecule has 1 saturated heterocycles. The Balaban J connectivity index is 1.23. The van der Waals surface area contributed by atoms with Crippen molar-refractivity contribution in [3.05, 3.63) is 166 Å². The maximum atomic E-state index is 15.4. The zero-order valence-corrected chi connectivity index (χ0v) is 41.4. The third-order valence-corrected chi connectivity index (χ3v) is 14.6. The van der Waals surface area contributed by atoms with Gasteiger partial charge in [0.1, 0.15) is 23.3 Å². The van der Waals surface area contributed by atoms with Gasteiger partial charge >= 0.3 is 12.2 Å². The van der Waals surface area contributed by atoms with E-state index in [0.29, 0.717) is 55.9 Å². The van der Waals surface area contributed by atoms with Gasteiger partial charge in [0.25, 0.3) is 5.69 Å². The number of hydrogen-bond acceptors (Lipinski definition) is 13. The van der Waals surface area contributed by atoms with Crippen molar-refractivity contribution in [3.8, 4) is 17.2 Å². The molecule has 7 atom stereocenters. The van der Waals surface area contributed by atoms with Crippen molar-refractivity contribution in [2.45, 2.75) is 101 Å². The lowest BCUT2D eigenvalue weighted by Crippen LogP contribution is -2.70. The minimum Gasteiger partial charge on any atom is -0.459 e. The van der Waals surface area contributed by atoms with Gasteiger partial charge in [0.15, 0.2) is 0 Å². The highest BCUT2D eigenvalue weighted by molar-refractivity contribution is 6.03. The van der Waals surface area contributed by atoms with Gasteiger partial charge in [0, 0.05) is 56.2 Å². The van der Waals surface area contributed by atoms with Gasteiger partial charge in [0.2, 0.25) is 12.1 Å². The summed E-state index contributed by atoms with van der Waals surface area (Å²) in [7, 11) is 0. The molecule has 2 heterocycles. The number of nitro benzene ring substituents is 1. The van der Waals surface area contributed by atoms with Crippen LogP contribution in [-0.4, -0.2) is 82.5 Å². The topological polar surface area (TPSA) is 201 Å². The molecule has 2 aliphatic heterocycles. The van der Waals surface area contributed by atoms with Crippen LogP contribution >= 0.6 is 0 Å². The fourth-order valence-corrected chi connectivity index (χ4v) is 11.3. The van der Waals surface area contributed by atoms with Gasteiger partial charge in [0.05, 0.1) is 36.3 Å². The predicted octanol–water partition coefficient (Wildman–Crippen LogP) is 10.9. The van der Waals surface area contributed by atoms with Crippen molar-refractivity contribution < 1.29 is 53.2 Å². The van der Waals surface area contributed by atoms with Gasteiger partial charge in [-0.15, -0.1) is 6.58 Å². The molecule has 16 heteroatoms. The molecule has 4 aliphatic rings. The lowest BCUT2D eigenvalue weighted by Gasteiger charge is -2.59. The van der Waals surface area contributed by atoms with Crippen LogP contribution in [0.4, 0.5) is 15.3 Å². The maximum Gasteiger partial charge on any atom is 0.416 e.